The number of carbonyl (C=O) groups is 5. The van der Waals surface area contributed by atoms with E-state index in [1.807, 2.05) is 25.9 Å². The number of nitrogens with one attached hydrogen (secondary N) is 1. The monoisotopic (exact) mass is 677 g/mol. The molecular weight excluding hydrogens is 626 g/mol. The molecule has 0 aromatic carbocycles. The summed E-state index contributed by atoms with van der Waals surface area (Å²) >= 11 is 0. The average Bonchev–Trinajstić information content (AvgIpc) is 3.71. The summed E-state index contributed by atoms with van der Waals surface area (Å²) in [6.07, 6.45) is -3.78. The molecule has 48 heavy (non-hydrogen) atoms. The second kappa shape index (κ2) is 15.1. The van der Waals surface area contributed by atoms with Crippen molar-refractivity contribution in [1.29, 1.82) is 0 Å². The maximum Gasteiger partial charge on any atom is 0.418 e. The van der Waals surface area contributed by atoms with Gasteiger partial charge in [-0.25, -0.2) is 9.59 Å². The van der Waals surface area contributed by atoms with Gasteiger partial charge in [-0.1, -0.05) is 27.7 Å². The van der Waals surface area contributed by atoms with E-state index in [4.69, 9.17) is 23.7 Å². The first-order valence-corrected chi connectivity index (χ1v) is 16.8. The summed E-state index contributed by atoms with van der Waals surface area (Å²) < 4.78 is 31.3. The van der Waals surface area contributed by atoms with Crippen LogP contribution < -0.4 is 5.32 Å². The molecule has 3 aliphatic heterocycles. The standard InChI is InChI=1S/C34H51N3O11/c1-10-23-28-24(35-32(42)46-28)19(4)25(38)17(2)16-34(7,48-33(43)37-13-11-12-14-37)29(20(5)26(39)21(6)30(41)45-23)47-31-27(40)22(36(8)9)15-18(3)44-31/h11-14,17-24,27-29,31,40H,10,15-16H2,1-9H3,(H,35,42)/t17-,18-,19-,20+,21-,22+,23-,24+,27-,28-,29?,31?,34-/m1/s1. The number of hydrogen-bond donors (Lipinski definition) is 2. The number of Topliss-reactive ketones (excluding diaryl/α,β-unsaturated/α-hetero) is 2. The van der Waals surface area contributed by atoms with E-state index in [0.29, 0.717) is 6.42 Å². The predicted molar refractivity (Wildman–Crippen MR) is 171 cm³/mol. The fourth-order valence-corrected chi connectivity index (χ4v) is 7.31. The van der Waals surface area contributed by atoms with Gasteiger partial charge in [0.15, 0.2) is 18.2 Å². The molecule has 2 unspecified atom stereocenters. The Labute approximate surface area is 281 Å². The molecule has 0 spiro atoms. The van der Waals surface area contributed by atoms with Gasteiger partial charge in [0, 0.05) is 36.2 Å². The summed E-state index contributed by atoms with van der Waals surface area (Å²) in [5.74, 6) is -5.70. The number of esters is 1. The number of nitrogens with zero attached hydrogens (tertiary/aromatic N) is 2. The Bertz CT molecular complexity index is 1340. The highest BCUT2D eigenvalue weighted by atomic mass is 16.7. The van der Waals surface area contributed by atoms with Gasteiger partial charge in [-0.15, -0.1) is 0 Å². The van der Waals surface area contributed by atoms with Crippen LogP contribution in [0, 0.1) is 23.7 Å². The molecule has 3 fully saturated rings. The first kappa shape index (κ1) is 37.5. The van der Waals surface area contributed by atoms with Gasteiger partial charge in [-0.05, 0) is 66.3 Å². The largest absolute Gasteiger partial charge is 0.458 e. The fraction of sp³-hybridized carbons (Fsp3) is 0.735. The zero-order valence-corrected chi connectivity index (χ0v) is 29.3. The molecule has 0 radical (unpaired) electrons. The highest BCUT2D eigenvalue weighted by molar-refractivity contribution is 6.00. The van der Waals surface area contributed by atoms with Crippen molar-refractivity contribution < 1.29 is 52.8 Å². The van der Waals surface area contributed by atoms with Crippen LogP contribution in [0.1, 0.15) is 67.7 Å². The molecule has 4 rings (SSSR count). The fourth-order valence-electron chi connectivity index (χ4n) is 7.31. The zero-order chi connectivity index (χ0) is 35.7. The number of aromatic nitrogens is 1. The summed E-state index contributed by atoms with van der Waals surface area (Å²) in [4.78, 5) is 69.6. The number of carbonyl (C=O) groups excluding carboxylic acids is 5. The molecule has 14 heteroatoms. The third kappa shape index (κ3) is 7.77. The van der Waals surface area contributed by atoms with E-state index in [2.05, 4.69) is 5.32 Å². The van der Waals surface area contributed by atoms with Crippen molar-refractivity contribution in [2.45, 2.75) is 122 Å². The van der Waals surface area contributed by atoms with Gasteiger partial charge in [0.05, 0.1) is 12.1 Å². The molecule has 1 amide bonds. The highest BCUT2D eigenvalue weighted by Crippen LogP contribution is 2.38. The minimum Gasteiger partial charge on any atom is -0.458 e. The number of ketones is 2. The SMILES string of the molecule is CC[C@H]1OC(=O)[C@H](C)C(=O)[C@H](C)C(OC2O[C@H](C)C[C@H](N(C)C)[C@H]2O)[C@](C)(OC(=O)n2cccc2)C[C@@H](C)C(=O)[C@H](C)[C@@H]2NC(=O)O[C@@H]21. The van der Waals surface area contributed by atoms with Crippen molar-refractivity contribution in [2.75, 3.05) is 14.1 Å². The third-order valence-electron chi connectivity index (χ3n) is 10.1. The van der Waals surface area contributed by atoms with Gasteiger partial charge in [-0.3, -0.25) is 19.0 Å². The molecule has 2 N–H and O–H groups in total. The van der Waals surface area contributed by atoms with Crippen LogP contribution in [0.5, 0.6) is 0 Å². The van der Waals surface area contributed by atoms with Crippen molar-refractivity contribution in [2.24, 2.45) is 23.7 Å². The van der Waals surface area contributed by atoms with Crippen molar-refractivity contribution in [1.82, 2.24) is 14.8 Å². The summed E-state index contributed by atoms with van der Waals surface area (Å²) in [5.41, 5.74) is -1.68. The van der Waals surface area contributed by atoms with E-state index in [-0.39, 0.29) is 30.8 Å². The topological polar surface area (TPSA) is 172 Å². The number of cyclic esters (lactones) is 1. The smallest absolute Gasteiger partial charge is 0.418 e. The van der Waals surface area contributed by atoms with Crippen LogP contribution in [0.4, 0.5) is 9.59 Å². The van der Waals surface area contributed by atoms with Crippen molar-refractivity contribution in [3.63, 3.8) is 0 Å². The number of rotatable bonds is 5. The maximum absolute atomic E-state index is 14.2. The Morgan fingerprint density at radius 3 is 2.29 bits per heavy atom. The lowest BCUT2D eigenvalue weighted by Gasteiger charge is -2.46. The van der Waals surface area contributed by atoms with Crippen LogP contribution in [-0.4, -0.2) is 113 Å². The van der Waals surface area contributed by atoms with E-state index >= 15 is 0 Å². The van der Waals surface area contributed by atoms with Gasteiger partial charge in [0.1, 0.15) is 35.6 Å². The Morgan fingerprint density at radius 2 is 1.69 bits per heavy atom. The Kier molecular flexibility index (Phi) is 11.8. The minimum absolute atomic E-state index is 0.108. The lowest BCUT2D eigenvalue weighted by Crippen LogP contribution is -2.60. The molecule has 13 atom stereocenters. The molecule has 3 saturated heterocycles. The quantitative estimate of drug-likeness (QED) is 0.266. The first-order valence-electron chi connectivity index (χ1n) is 16.8. The summed E-state index contributed by atoms with van der Waals surface area (Å²) in [5, 5.41) is 14.1. The predicted octanol–water partition coefficient (Wildman–Crippen LogP) is 2.93. The summed E-state index contributed by atoms with van der Waals surface area (Å²) in [7, 11) is 3.65. The molecular formula is C34H51N3O11. The van der Waals surface area contributed by atoms with Crippen LogP contribution in [0.3, 0.4) is 0 Å². The van der Waals surface area contributed by atoms with Gasteiger partial charge in [0.2, 0.25) is 0 Å². The zero-order valence-electron chi connectivity index (χ0n) is 29.3. The molecule has 0 aliphatic carbocycles. The average molecular weight is 678 g/mol. The molecule has 268 valence electrons. The number of likely N-dealkylation sites (N-methyl/N-ethyl adjacent to an activating group) is 1. The van der Waals surface area contributed by atoms with E-state index in [9.17, 15) is 29.1 Å². The Balaban J connectivity index is 1.83. The number of ether oxygens (including phenoxy) is 5. The summed E-state index contributed by atoms with van der Waals surface area (Å²) in [6, 6.07) is 2.11. The van der Waals surface area contributed by atoms with Gasteiger partial charge >= 0.3 is 18.2 Å². The molecule has 0 bridgehead atoms. The maximum atomic E-state index is 14.2. The van der Waals surface area contributed by atoms with E-state index < -0.39 is 90.0 Å². The van der Waals surface area contributed by atoms with Gasteiger partial charge < -0.3 is 39.0 Å². The number of alkyl carbamates (subject to hydrolysis) is 1. The third-order valence-corrected chi connectivity index (χ3v) is 10.1. The van der Waals surface area contributed by atoms with Crippen LogP contribution >= 0.6 is 0 Å². The number of aliphatic hydroxyl groups excluding tert-OH is 1. The van der Waals surface area contributed by atoms with Crippen molar-refractivity contribution in [3.05, 3.63) is 24.5 Å². The molecule has 0 saturated carbocycles. The molecule has 1 aromatic heterocycles. The first-order chi connectivity index (χ1) is 22.5. The normalized spacial score (nSPS) is 40.0. The summed E-state index contributed by atoms with van der Waals surface area (Å²) in [6.45, 7) is 11.5. The molecule has 1 aromatic rings. The lowest BCUT2D eigenvalue weighted by atomic mass is 9.75. The van der Waals surface area contributed by atoms with Crippen LogP contribution in [0.25, 0.3) is 0 Å². The molecule has 4 heterocycles. The van der Waals surface area contributed by atoms with Gasteiger partial charge in [-0.2, -0.15) is 0 Å². The number of hydrogen-bond acceptors (Lipinski definition) is 12. The second-order valence-electron chi connectivity index (χ2n) is 14.0. The van der Waals surface area contributed by atoms with Gasteiger partial charge in [0.25, 0.3) is 0 Å². The number of aliphatic hydroxyl groups is 1. The number of amides is 1. The minimum atomic E-state index is -1.68. The molecule has 3 aliphatic rings. The van der Waals surface area contributed by atoms with Crippen molar-refractivity contribution in [3.8, 4) is 0 Å². The molecule has 14 nitrogen and oxygen atoms in total. The van der Waals surface area contributed by atoms with Crippen molar-refractivity contribution >= 4 is 29.7 Å². The Hall–Kier alpha value is -3.33. The van der Waals surface area contributed by atoms with Crippen LogP contribution in [0.2, 0.25) is 0 Å². The highest BCUT2D eigenvalue weighted by Gasteiger charge is 2.53. The Morgan fingerprint density at radius 1 is 1.04 bits per heavy atom. The lowest BCUT2D eigenvalue weighted by molar-refractivity contribution is -0.292. The number of fused-ring (bicyclic) bond motifs is 1. The van der Waals surface area contributed by atoms with E-state index in [1.54, 1.807) is 46.8 Å². The van der Waals surface area contributed by atoms with E-state index in [0.717, 1.165) is 0 Å². The van der Waals surface area contributed by atoms with Crippen LogP contribution in [0.15, 0.2) is 24.5 Å². The van der Waals surface area contributed by atoms with E-state index in [1.165, 1.54) is 23.9 Å². The second-order valence-corrected chi connectivity index (χ2v) is 14.0. The van der Waals surface area contributed by atoms with Crippen LogP contribution in [-0.2, 0) is 38.1 Å².